The van der Waals surface area contributed by atoms with E-state index in [0.29, 0.717) is 41.5 Å². The molecule has 184 valence electrons. The molecular formula is C26H37ClN6O. The van der Waals surface area contributed by atoms with E-state index in [0.717, 1.165) is 49.3 Å². The Morgan fingerprint density at radius 3 is 2.35 bits per heavy atom. The van der Waals surface area contributed by atoms with E-state index in [4.69, 9.17) is 22.3 Å². The summed E-state index contributed by atoms with van der Waals surface area (Å²) in [6, 6.07) is 11.0. The van der Waals surface area contributed by atoms with E-state index in [9.17, 15) is 4.79 Å². The van der Waals surface area contributed by atoms with Crippen molar-refractivity contribution in [2.75, 3.05) is 29.9 Å². The van der Waals surface area contributed by atoms with Gasteiger partial charge in [0.2, 0.25) is 5.95 Å². The van der Waals surface area contributed by atoms with Crippen molar-refractivity contribution in [1.29, 1.82) is 0 Å². The fourth-order valence-electron chi connectivity index (χ4n) is 3.71. The van der Waals surface area contributed by atoms with E-state index >= 15 is 0 Å². The summed E-state index contributed by atoms with van der Waals surface area (Å²) in [6.45, 7) is 12.0. The molecule has 0 saturated heterocycles. The summed E-state index contributed by atoms with van der Waals surface area (Å²) in [6.07, 6.45) is 2.95. The van der Waals surface area contributed by atoms with Crippen LogP contribution in [-0.2, 0) is 6.54 Å². The summed E-state index contributed by atoms with van der Waals surface area (Å²) >= 11 is 6.22. The number of carbonyl (C=O) groups is 1. The lowest BCUT2D eigenvalue weighted by Gasteiger charge is -2.25. The predicted molar refractivity (Wildman–Crippen MR) is 142 cm³/mol. The highest BCUT2D eigenvalue weighted by molar-refractivity contribution is 6.34. The molecule has 0 aliphatic carbocycles. The van der Waals surface area contributed by atoms with Crippen LogP contribution in [0, 0.1) is 11.8 Å². The van der Waals surface area contributed by atoms with Crippen LogP contribution in [0.25, 0.3) is 11.2 Å². The third-order valence-electron chi connectivity index (χ3n) is 5.78. The first kappa shape index (κ1) is 26.0. The first-order valence-electron chi connectivity index (χ1n) is 12.2. The number of rotatable bonds is 12. The molecule has 0 bridgehead atoms. The predicted octanol–water partition coefficient (Wildman–Crippen LogP) is 5.58. The zero-order valence-electron chi connectivity index (χ0n) is 20.7. The van der Waals surface area contributed by atoms with Crippen molar-refractivity contribution in [3.05, 3.63) is 47.0 Å². The number of benzene rings is 1. The number of amides is 1. The molecule has 0 spiro atoms. The minimum Gasteiger partial charge on any atom is -0.357 e. The van der Waals surface area contributed by atoms with Gasteiger partial charge in [-0.3, -0.25) is 14.7 Å². The van der Waals surface area contributed by atoms with Crippen molar-refractivity contribution in [2.24, 2.45) is 17.6 Å². The van der Waals surface area contributed by atoms with Crippen LogP contribution in [0.5, 0.6) is 0 Å². The smallest absolute Gasteiger partial charge is 0.259 e. The van der Waals surface area contributed by atoms with E-state index in [1.807, 2.05) is 16.7 Å². The molecule has 3 N–H and O–H groups in total. The third kappa shape index (κ3) is 6.70. The number of pyridine rings is 1. The number of hydrogen-bond donors (Lipinski definition) is 2. The minimum atomic E-state index is -0.300. The lowest BCUT2D eigenvalue weighted by atomic mass is 10.1. The van der Waals surface area contributed by atoms with Crippen LogP contribution in [-0.4, -0.2) is 40.1 Å². The molecule has 3 aromatic rings. The summed E-state index contributed by atoms with van der Waals surface area (Å²) in [5.74, 6) is 2.32. The molecule has 1 aromatic carbocycles. The van der Waals surface area contributed by atoms with Crippen molar-refractivity contribution in [1.82, 2.24) is 14.5 Å². The molecule has 1 amide bonds. The first-order valence-corrected chi connectivity index (χ1v) is 12.6. The number of fused-ring (bicyclic) bond motifs is 1. The second-order valence-electron chi connectivity index (χ2n) is 9.53. The monoisotopic (exact) mass is 484 g/mol. The maximum Gasteiger partial charge on any atom is 0.259 e. The summed E-state index contributed by atoms with van der Waals surface area (Å²) in [5.41, 5.74) is 7.69. The van der Waals surface area contributed by atoms with Crippen LogP contribution in [0.1, 0.15) is 57.3 Å². The molecule has 8 heteroatoms. The van der Waals surface area contributed by atoms with E-state index in [1.165, 1.54) is 0 Å². The van der Waals surface area contributed by atoms with Crippen molar-refractivity contribution in [2.45, 2.75) is 53.5 Å². The van der Waals surface area contributed by atoms with Gasteiger partial charge in [-0.1, -0.05) is 51.4 Å². The molecule has 2 heterocycles. The quantitative estimate of drug-likeness (QED) is 0.350. The average Bonchev–Trinajstić information content (AvgIpc) is 3.13. The first-order chi connectivity index (χ1) is 16.3. The Bertz CT molecular complexity index is 1080. The van der Waals surface area contributed by atoms with Gasteiger partial charge in [-0.2, -0.15) is 0 Å². The van der Waals surface area contributed by atoms with Crippen molar-refractivity contribution < 1.29 is 4.79 Å². The van der Waals surface area contributed by atoms with Gasteiger partial charge in [0.15, 0.2) is 5.65 Å². The molecule has 7 nitrogen and oxygen atoms in total. The second kappa shape index (κ2) is 12.2. The van der Waals surface area contributed by atoms with Crippen molar-refractivity contribution >= 4 is 40.4 Å². The van der Waals surface area contributed by atoms with Gasteiger partial charge in [0, 0.05) is 19.6 Å². The normalized spacial score (nSPS) is 11.5. The van der Waals surface area contributed by atoms with Crippen LogP contribution in [0.3, 0.4) is 0 Å². The standard InChI is InChI=1S/C26H37ClN6O/c1-18(2)12-16-32(17-13-19(3)4)23-11-10-22-24(30-23)33(15-7-14-28)26(29-22)31-25(34)20-8-5-6-9-21(20)27/h5-6,8-11,18-19H,7,12-17,28H2,1-4H3,(H,29,31,34). The molecule has 0 aliphatic heterocycles. The topological polar surface area (TPSA) is 89.1 Å². The number of imidazole rings is 1. The summed E-state index contributed by atoms with van der Waals surface area (Å²) in [7, 11) is 0. The average molecular weight is 485 g/mol. The fraction of sp³-hybridized carbons (Fsp3) is 0.500. The number of aryl methyl sites for hydroxylation is 1. The lowest BCUT2D eigenvalue weighted by molar-refractivity contribution is 0.102. The van der Waals surface area contributed by atoms with Gasteiger partial charge < -0.3 is 10.6 Å². The second-order valence-corrected chi connectivity index (χ2v) is 9.93. The Balaban J connectivity index is 1.96. The largest absolute Gasteiger partial charge is 0.357 e. The molecule has 3 rings (SSSR count). The number of carbonyl (C=O) groups excluding carboxylic acids is 1. The summed E-state index contributed by atoms with van der Waals surface area (Å²) in [4.78, 5) is 25.0. The van der Waals surface area contributed by atoms with Gasteiger partial charge in [0.25, 0.3) is 5.91 Å². The molecule has 2 aromatic heterocycles. The van der Waals surface area contributed by atoms with E-state index in [-0.39, 0.29) is 5.91 Å². The van der Waals surface area contributed by atoms with Gasteiger partial charge in [-0.15, -0.1) is 0 Å². The van der Waals surface area contributed by atoms with Crippen LogP contribution in [0.2, 0.25) is 5.02 Å². The van der Waals surface area contributed by atoms with Gasteiger partial charge >= 0.3 is 0 Å². The number of anilines is 2. The summed E-state index contributed by atoms with van der Waals surface area (Å²) < 4.78 is 1.95. The molecule has 0 fully saturated rings. The number of nitrogens with one attached hydrogen (secondary N) is 1. The van der Waals surface area contributed by atoms with Crippen LogP contribution >= 0.6 is 11.6 Å². The van der Waals surface area contributed by atoms with Gasteiger partial charge in [-0.05, 0) is 61.9 Å². The van der Waals surface area contributed by atoms with Gasteiger partial charge in [0.1, 0.15) is 11.3 Å². The molecule has 0 saturated carbocycles. The van der Waals surface area contributed by atoms with Crippen LogP contribution in [0.15, 0.2) is 36.4 Å². The highest BCUT2D eigenvalue weighted by atomic mass is 35.5. The highest BCUT2D eigenvalue weighted by Crippen LogP contribution is 2.25. The van der Waals surface area contributed by atoms with Crippen LogP contribution in [0.4, 0.5) is 11.8 Å². The molecule has 0 radical (unpaired) electrons. The number of aromatic nitrogens is 3. The Hall–Kier alpha value is -2.64. The molecule has 34 heavy (non-hydrogen) atoms. The van der Waals surface area contributed by atoms with E-state index in [1.54, 1.807) is 24.3 Å². The Morgan fingerprint density at radius 2 is 1.74 bits per heavy atom. The van der Waals surface area contributed by atoms with Crippen LogP contribution < -0.4 is 16.0 Å². The fourth-order valence-corrected chi connectivity index (χ4v) is 3.93. The maximum absolute atomic E-state index is 12.9. The molecule has 0 aliphatic rings. The number of halogens is 1. The Labute approximate surface area is 207 Å². The molecule has 0 unspecified atom stereocenters. The maximum atomic E-state index is 12.9. The van der Waals surface area contributed by atoms with E-state index in [2.05, 4.69) is 42.9 Å². The van der Waals surface area contributed by atoms with Crippen molar-refractivity contribution in [3.63, 3.8) is 0 Å². The highest BCUT2D eigenvalue weighted by Gasteiger charge is 2.19. The molecule has 0 atom stereocenters. The third-order valence-corrected chi connectivity index (χ3v) is 6.11. The Kier molecular flexibility index (Phi) is 9.30. The van der Waals surface area contributed by atoms with Gasteiger partial charge in [0.05, 0.1) is 10.6 Å². The zero-order chi connectivity index (χ0) is 24.7. The van der Waals surface area contributed by atoms with Crippen molar-refractivity contribution in [3.8, 4) is 0 Å². The zero-order valence-corrected chi connectivity index (χ0v) is 21.5. The van der Waals surface area contributed by atoms with Gasteiger partial charge in [-0.25, -0.2) is 9.97 Å². The van der Waals surface area contributed by atoms with E-state index < -0.39 is 0 Å². The lowest BCUT2D eigenvalue weighted by Crippen LogP contribution is -2.28. The minimum absolute atomic E-state index is 0.300. The SMILES string of the molecule is CC(C)CCN(CCC(C)C)c1ccc2nc(NC(=O)c3ccccc3Cl)n(CCCN)c2n1. The number of nitrogens with zero attached hydrogens (tertiary/aromatic N) is 4. The number of hydrogen-bond acceptors (Lipinski definition) is 5. The summed E-state index contributed by atoms with van der Waals surface area (Å²) in [5, 5.41) is 3.33. The number of nitrogens with two attached hydrogens (primary N) is 1. The Morgan fingerprint density at radius 1 is 1.06 bits per heavy atom. The molecular weight excluding hydrogens is 448 g/mol.